The van der Waals surface area contributed by atoms with E-state index in [0.29, 0.717) is 6.04 Å². The first-order valence-electron chi connectivity index (χ1n) is 6.87. The van der Waals surface area contributed by atoms with E-state index in [1.54, 1.807) is 0 Å². The third kappa shape index (κ3) is 3.24. The largest absolute Gasteiger partial charge is 0.396 e. The maximum atomic E-state index is 9.23. The van der Waals surface area contributed by atoms with E-state index in [0.717, 1.165) is 32.5 Å². The van der Waals surface area contributed by atoms with E-state index < -0.39 is 0 Å². The zero-order chi connectivity index (χ0) is 13.0. The first kappa shape index (κ1) is 13.4. The second kappa shape index (κ2) is 6.21. The van der Waals surface area contributed by atoms with Gasteiger partial charge >= 0.3 is 0 Å². The molecule has 0 amide bonds. The zero-order valence-corrected chi connectivity index (χ0v) is 11.4. The molecule has 1 aliphatic rings. The van der Waals surface area contributed by atoms with Gasteiger partial charge in [0.2, 0.25) is 0 Å². The van der Waals surface area contributed by atoms with E-state index in [1.807, 2.05) is 0 Å². The van der Waals surface area contributed by atoms with Crippen molar-refractivity contribution in [3.63, 3.8) is 0 Å². The van der Waals surface area contributed by atoms with Crippen molar-refractivity contribution in [1.29, 1.82) is 0 Å². The Balaban J connectivity index is 2.25. The summed E-state index contributed by atoms with van der Waals surface area (Å²) in [5.74, 6) is 0. The Morgan fingerprint density at radius 2 is 2.00 bits per heavy atom. The molecule has 18 heavy (non-hydrogen) atoms. The summed E-state index contributed by atoms with van der Waals surface area (Å²) in [6, 6.07) is 7.12. The second-order valence-corrected chi connectivity index (χ2v) is 5.26. The van der Waals surface area contributed by atoms with E-state index >= 15 is 0 Å². The number of aryl methyl sites for hydroxylation is 2. The third-order valence-corrected chi connectivity index (χ3v) is 3.57. The smallest absolute Gasteiger partial charge is 0.0451 e. The van der Waals surface area contributed by atoms with Gasteiger partial charge in [0, 0.05) is 31.4 Å². The SMILES string of the molecule is Cc1cc(C)cc(N2CCCNCC2CCO)c1. The molecule has 0 radical (unpaired) electrons. The van der Waals surface area contributed by atoms with E-state index in [1.165, 1.54) is 16.8 Å². The minimum Gasteiger partial charge on any atom is -0.396 e. The minimum absolute atomic E-state index is 0.258. The maximum absolute atomic E-state index is 9.23. The molecular weight excluding hydrogens is 224 g/mol. The van der Waals surface area contributed by atoms with Crippen molar-refractivity contribution in [1.82, 2.24) is 5.32 Å². The van der Waals surface area contributed by atoms with Crippen LogP contribution in [0.15, 0.2) is 18.2 Å². The summed E-state index contributed by atoms with van der Waals surface area (Å²) in [6.07, 6.45) is 1.99. The summed E-state index contributed by atoms with van der Waals surface area (Å²) < 4.78 is 0. The van der Waals surface area contributed by atoms with Crippen LogP contribution in [-0.2, 0) is 0 Å². The van der Waals surface area contributed by atoms with Gasteiger partial charge in [-0.15, -0.1) is 0 Å². The quantitative estimate of drug-likeness (QED) is 0.857. The first-order chi connectivity index (χ1) is 8.70. The molecule has 3 nitrogen and oxygen atoms in total. The van der Waals surface area contributed by atoms with Gasteiger partial charge < -0.3 is 15.3 Å². The Morgan fingerprint density at radius 1 is 1.28 bits per heavy atom. The lowest BCUT2D eigenvalue weighted by Crippen LogP contribution is -2.40. The van der Waals surface area contributed by atoms with Gasteiger partial charge in [-0.05, 0) is 56.5 Å². The number of benzene rings is 1. The summed E-state index contributed by atoms with van der Waals surface area (Å²) in [7, 11) is 0. The zero-order valence-electron chi connectivity index (χ0n) is 11.4. The molecule has 1 fully saturated rings. The number of nitrogens with zero attached hydrogens (tertiary/aromatic N) is 1. The number of aliphatic hydroxyl groups excluding tert-OH is 1. The summed E-state index contributed by atoms with van der Waals surface area (Å²) in [5.41, 5.74) is 3.92. The van der Waals surface area contributed by atoms with E-state index in [2.05, 4.69) is 42.3 Å². The molecule has 0 bridgehead atoms. The number of anilines is 1. The lowest BCUT2D eigenvalue weighted by Gasteiger charge is -2.32. The van der Waals surface area contributed by atoms with E-state index in [-0.39, 0.29) is 6.61 Å². The third-order valence-electron chi connectivity index (χ3n) is 3.57. The van der Waals surface area contributed by atoms with Crippen LogP contribution in [-0.4, -0.2) is 37.4 Å². The number of nitrogens with one attached hydrogen (secondary N) is 1. The molecule has 1 atom stereocenters. The molecule has 100 valence electrons. The van der Waals surface area contributed by atoms with Gasteiger partial charge in [-0.25, -0.2) is 0 Å². The number of aliphatic hydroxyl groups is 1. The summed E-state index contributed by atoms with van der Waals surface area (Å²) >= 11 is 0. The van der Waals surface area contributed by atoms with Crippen LogP contribution in [0.25, 0.3) is 0 Å². The van der Waals surface area contributed by atoms with Crippen molar-refractivity contribution >= 4 is 5.69 Å². The molecule has 1 aliphatic heterocycles. The normalized spacial score (nSPS) is 20.8. The van der Waals surface area contributed by atoms with Crippen molar-refractivity contribution in [3.05, 3.63) is 29.3 Å². The van der Waals surface area contributed by atoms with Gasteiger partial charge in [-0.1, -0.05) is 6.07 Å². The Labute approximate surface area is 110 Å². The second-order valence-electron chi connectivity index (χ2n) is 5.26. The highest BCUT2D eigenvalue weighted by molar-refractivity contribution is 5.52. The first-order valence-corrected chi connectivity index (χ1v) is 6.87. The number of hydrogen-bond donors (Lipinski definition) is 2. The topological polar surface area (TPSA) is 35.5 Å². The molecular formula is C15H24N2O. The Kier molecular flexibility index (Phi) is 4.61. The van der Waals surface area contributed by atoms with Crippen LogP contribution in [0.1, 0.15) is 24.0 Å². The molecule has 0 saturated carbocycles. The summed E-state index contributed by atoms with van der Waals surface area (Å²) in [4.78, 5) is 2.45. The highest BCUT2D eigenvalue weighted by atomic mass is 16.3. The fraction of sp³-hybridized carbons (Fsp3) is 0.600. The lowest BCUT2D eigenvalue weighted by molar-refractivity contribution is 0.273. The summed E-state index contributed by atoms with van der Waals surface area (Å²) in [6.45, 7) is 7.66. The molecule has 3 heteroatoms. The van der Waals surface area contributed by atoms with Crippen LogP contribution in [0, 0.1) is 13.8 Å². The van der Waals surface area contributed by atoms with Gasteiger partial charge in [-0.2, -0.15) is 0 Å². The highest BCUT2D eigenvalue weighted by Gasteiger charge is 2.20. The predicted molar refractivity (Wildman–Crippen MR) is 76.2 cm³/mol. The predicted octanol–water partition coefficient (Wildman–Crippen LogP) is 1.85. The van der Waals surface area contributed by atoms with Crippen molar-refractivity contribution in [2.75, 3.05) is 31.1 Å². The van der Waals surface area contributed by atoms with Crippen LogP contribution in [0.5, 0.6) is 0 Å². The van der Waals surface area contributed by atoms with Crippen molar-refractivity contribution in [2.24, 2.45) is 0 Å². The van der Waals surface area contributed by atoms with Crippen LogP contribution >= 0.6 is 0 Å². The van der Waals surface area contributed by atoms with Gasteiger partial charge in [-0.3, -0.25) is 0 Å². The average molecular weight is 248 g/mol. The molecule has 1 unspecified atom stereocenters. The monoisotopic (exact) mass is 248 g/mol. The fourth-order valence-corrected chi connectivity index (χ4v) is 2.80. The van der Waals surface area contributed by atoms with Gasteiger partial charge in [0.05, 0.1) is 0 Å². The highest BCUT2D eigenvalue weighted by Crippen LogP contribution is 2.23. The standard InChI is InChI=1S/C15H24N2O/c1-12-8-13(2)10-15(9-12)17-6-3-5-16-11-14(17)4-7-18/h8-10,14,16,18H,3-7,11H2,1-2H3. The Bertz CT molecular complexity index is 372. The van der Waals surface area contributed by atoms with Crippen LogP contribution in [0.3, 0.4) is 0 Å². The lowest BCUT2D eigenvalue weighted by atomic mass is 10.1. The van der Waals surface area contributed by atoms with Crippen LogP contribution in [0.4, 0.5) is 5.69 Å². The molecule has 0 aliphatic carbocycles. The van der Waals surface area contributed by atoms with Gasteiger partial charge in [0.1, 0.15) is 0 Å². The Hall–Kier alpha value is -1.06. The molecule has 0 spiro atoms. The fourth-order valence-electron chi connectivity index (χ4n) is 2.80. The molecule has 2 N–H and O–H groups in total. The minimum atomic E-state index is 0.258. The molecule has 1 aromatic rings. The molecule has 2 rings (SSSR count). The maximum Gasteiger partial charge on any atom is 0.0451 e. The number of hydrogen-bond acceptors (Lipinski definition) is 3. The van der Waals surface area contributed by atoms with E-state index in [4.69, 9.17) is 0 Å². The number of rotatable bonds is 3. The molecule has 0 aromatic heterocycles. The molecule has 1 saturated heterocycles. The van der Waals surface area contributed by atoms with Gasteiger partial charge in [0.25, 0.3) is 0 Å². The van der Waals surface area contributed by atoms with Crippen molar-refractivity contribution in [2.45, 2.75) is 32.7 Å². The summed E-state index contributed by atoms with van der Waals surface area (Å²) in [5, 5.41) is 12.7. The van der Waals surface area contributed by atoms with Gasteiger partial charge in [0.15, 0.2) is 0 Å². The molecule has 1 heterocycles. The van der Waals surface area contributed by atoms with Crippen molar-refractivity contribution in [3.8, 4) is 0 Å². The van der Waals surface area contributed by atoms with Crippen LogP contribution < -0.4 is 10.2 Å². The van der Waals surface area contributed by atoms with E-state index in [9.17, 15) is 5.11 Å². The molecule has 1 aromatic carbocycles. The average Bonchev–Trinajstić information content (AvgIpc) is 2.54. The van der Waals surface area contributed by atoms with Crippen molar-refractivity contribution < 1.29 is 5.11 Å². The Morgan fingerprint density at radius 3 is 2.67 bits per heavy atom. The van der Waals surface area contributed by atoms with Crippen LogP contribution in [0.2, 0.25) is 0 Å².